The number of para-hydroxylation sites is 1. The van der Waals surface area contributed by atoms with Crippen molar-refractivity contribution in [3.63, 3.8) is 0 Å². The highest BCUT2D eigenvalue weighted by atomic mass is 35.5. The Morgan fingerprint density at radius 1 is 1.04 bits per heavy atom. The Morgan fingerprint density at radius 2 is 1.78 bits per heavy atom. The molecule has 2 N–H and O–H groups in total. The number of nitrogens with one attached hydrogen (secondary N) is 2. The third-order valence-electron chi connectivity index (χ3n) is 3.77. The van der Waals surface area contributed by atoms with Crippen molar-refractivity contribution < 1.29 is 14.4 Å². The molecule has 2 heterocycles. The average molecular weight is 386 g/mol. The van der Waals surface area contributed by atoms with Crippen molar-refractivity contribution in [2.45, 2.75) is 0 Å². The van der Waals surface area contributed by atoms with Crippen molar-refractivity contribution in [1.29, 1.82) is 0 Å². The first-order valence-corrected chi connectivity index (χ1v) is 8.17. The largest absolute Gasteiger partial charge is 0.454 e. The lowest BCUT2D eigenvalue weighted by molar-refractivity contribution is -0.383. The van der Waals surface area contributed by atoms with E-state index in [0.717, 1.165) is 0 Å². The maximum atomic E-state index is 11.7. The van der Waals surface area contributed by atoms with Crippen molar-refractivity contribution in [3.8, 4) is 11.5 Å². The zero-order chi connectivity index (χ0) is 18.8. The highest BCUT2D eigenvalue weighted by Crippen LogP contribution is 2.38. The zero-order valence-electron chi connectivity index (χ0n) is 13.7. The Hall–Kier alpha value is -3.59. The summed E-state index contributed by atoms with van der Waals surface area (Å²) in [6.07, 6.45) is 1.22. The second kappa shape index (κ2) is 6.96. The molecule has 1 aliphatic heterocycles. The van der Waals surface area contributed by atoms with Crippen LogP contribution in [0.2, 0.25) is 5.02 Å². The van der Waals surface area contributed by atoms with Crippen LogP contribution in [0, 0.1) is 10.1 Å². The van der Waals surface area contributed by atoms with E-state index in [1.807, 2.05) is 0 Å². The molecule has 0 saturated carbocycles. The Labute approximate surface area is 158 Å². The van der Waals surface area contributed by atoms with Gasteiger partial charge in [0, 0.05) is 11.8 Å². The standard InChI is InChI=1S/C17H12ClN5O4/c18-11-3-1-2-4-12(11)22-17-15(23(24)25)16(19-8-20-17)21-10-5-6-13-14(7-10)27-9-26-13/h1-8H,9H2,(H2,19,20,21,22). The van der Waals surface area contributed by atoms with Gasteiger partial charge in [0.2, 0.25) is 18.4 Å². The number of halogens is 1. The molecule has 1 aromatic heterocycles. The molecule has 0 radical (unpaired) electrons. The summed E-state index contributed by atoms with van der Waals surface area (Å²) in [5.41, 5.74) is 0.745. The lowest BCUT2D eigenvalue weighted by Gasteiger charge is -2.11. The normalized spacial score (nSPS) is 11.9. The molecule has 27 heavy (non-hydrogen) atoms. The van der Waals surface area contributed by atoms with Crippen LogP contribution >= 0.6 is 11.6 Å². The first-order valence-electron chi connectivity index (χ1n) is 7.79. The Bertz CT molecular complexity index is 1030. The molecule has 136 valence electrons. The molecule has 2 aromatic carbocycles. The Balaban J connectivity index is 1.69. The number of nitrogens with zero attached hydrogens (tertiary/aromatic N) is 3. The van der Waals surface area contributed by atoms with Crippen LogP contribution in [0.25, 0.3) is 0 Å². The van der Waals surface area contributed by atoms with Gasteiger partial charge in [-0.15, -0.1) is 0 Å². The fourth-order valence-electron chi connectivity index (χ4n) is 2.54. The maximum Gasteiger partial charge on any atom is 0.353 e. The summed E-state index contributed by atoms with van der Waals surface area (Å²) in [6.45, 7) is 0.137. The van der Waals surface area contributed by atoms with Gasteiger partial charge in [-0.3, -0.25) is 10.1 Å². The number of aromatic nitrogens is 2. The van der Waals surface area contributed by atoms with Crippen LogP contribution < -0.4 is 20.1 Å². The summed E-state index contributed by atoms with van der Waals surface area (Å²) in [7, 11) is 0. The number of benzene rings is 2. The van der Waals surface area contributed by atoms with E-state index in [1.165, 1.54) is 6.33 Å². The number of fused-ring (bicyclic) bond motifs is 1. The molecule has 0 saturated heterocycles. The number of ether oxygens (including phenoxy) is 2. The average Bonchev–Trinajstić information content (AvgIpc) is 3.11. The number of nitro groups is 1. The van der Waals surface area contributed by atoms with Crippen LogP contribution in [-0.2, 0) is 0 Å². The van der Waals surface area contributed by atoms with Crippen molar-refractivity contribution in [1.82, 2.24) is 9.97 Å². The summed E-state index contributed by atoms with van der Waals surface area (Å²) in [6, 6.07) is 12.0. The van der Waals surface area contributed by atoms with E-state index in [-0.39, 0.29) is 24.1 Å². The second-order valence-corrected chi connectivity index (χ2v) is 5.88. The molecule has 0 atom stereocenters. The molecule has 0 aliphatic carbocycles. The SMILES string of the molecule is O=[N+]([O-])c1c(Nc2ccc3c(c2)OCO3)ncnc1Nc1ccccc1Cl. The predicted octanol–water partition coefficient (Wildman–Crippen LogP) is 4.25. The molecule has 0 amide bonds. The zero-order valence-corrected chi connectivity index (χ0v) is 14.4. The fraction of sp³-hybridized carbons (Fsp3) is 0.0588. The predicted molar refractivity (Wildman–Crippen MR) is 99.3 cm³/mol. The van der Waals surface area contributed by atoms with Crippen LogP contribution in [0.1, 0.15) is 0 Å². The minimum atomic E-state index is -0.561. The topological polar surface area (TPSA) is 111 Å². The highest BCUT2D eigenvalue weighted by molar-refractivity contribution is 6.33. The van der Waals surface area contributed by atoms with Gasteiger partial charge in [0.15, 0.2) is 11.5 Å². The maximum absolute atomic E-state index is 11.7. The molecule has 1 aliphatic rings. The second-order valence-electron chi connectivity index (χ2n) is 5.47. The van der Waals surface area contributed by atoms with E-state index >= 15 is 0 Å². The molecule has 9 nitrogen and oxygen atoms in total. The van der Waals surface area contributed by atoms with Crippen LogP contribution in [0.4, 0.5) is 28.7 Å². The first-order chi connectivity index (χ1) is 13.1. The highest BCUT2D eigenvalue weighted by Gasteiger charge is 2.24. The van der Waals surface area contributed by atoms with Crippen molar-refractivity contribution in [2.75, 3.05) is 17.4 Å². The molecule has 0 spiro atoms. The van der Waals surface area contributed by atoms with Gasteiger partial charge in [-0.25, -0.2) is 9.97 Å². The number of anilines is 4. The molecule has 4 rings (SSSR count). The van der Waals surface area contributed by atoms with Crippen molar-refractivity contribution >= 4 is 40.3 Å². The summed E-state index contributed by atoms with van der Waals surface area (Å²) >= 11 is 6.11. The van der Waals surface area contributed by atoms with Gasteiger partial charge in [-0.2, -0.15) is 0 Å². The molecular formula is C17H12ClN5O4. The van der Waals surface area contributed by atoms with Crippen molar-refractivity contribution in [3.05, 3.63) is 63.9 Å². The quantitative estimate of drug-likeness (QED) is 0.495. The summed E-state index contributed by atoms with van der Waals surface area (Å²) in [4.78, 5) is 19.1. The van der Waals surface area contributed by atoms with Crippen LogP contribution in [0.15, 0.2) is 48.8 Å². The summed E-state index contributed by atoms with van der Waals surface area (Å²) in [5, 5.41) is 17.9. The first kappa shape index (κ1) is 16.9. The van der Waals surface area contributed by atoms with E-state index in [9.17, 15) is 10.1 Å². The third kappa shape index (κ3) is 3.40. The van der Waals surface area contributed by atoms with Crippen LogP contribution in [0.5, 0.6) is 11.5 Å². The van der Waals surface area contributed by atoms with Gasteiger partial charge < -0.3 is 20.1 Å². The molecule has 0 unspecified atom stereocenters. The fourth-order valence-corrected chi connectivity index (χ4v) is 2.72. The summed E-state index contributed by atoms with van der Waals surface area (Å²) < 4.78 is 10.6. The Morgan fingerprint density at radius 3 is 2.56 bits per heavy atom. The minimum Gasteiger partial charge on any atom is -0.454 e. The summed E-state index contributed by atoms with van der Waals surface area (Å²) in [5.74, 6) is 1.21. The minimum absolute atomic E-state index is 0.0198. The van der Waals surface area contributed by atoms with Gasteiger partial charge in [0.1, 0.15) is 6.33 Å². The third-order valence-corrected chi connectivity index (χ3v) is 4.10. The van der Waals surface area contributed by atoms with Gasteiger partial charge in [0.25, 0.3) is 0 Å². The number of hydrogen-bond donors (Lipinski definition) is 2. The molecule has 3 aromatic rings. The van der Waals surface area contributed by atoms with E-state index in [0.29, 0.717) is 27.9 Å². The van der Waals surface area contributed by atoms with Gasteiger partial charge >= 0.3 is 5.69 Å². The monoisotopic (exact) mass is 385 g/mol. The molecule has 10 heteroatoms. The molecule has 0 bridgehead atoms. The van der Waals surface area contributed by atoms with Gasteiger partial charge in [-0.1, -0.05) is 23.7 Å². The van der Waals surface area contributed by atoms with E-state index in [1.54, 1.807) is 42.5 Å². The Kier molecular flexibility index (Phi) is 4.35. The van der Waals surface area contributed by atoms with Crippen molar-refractivity contribution in [2.24, 2.45) is 0 Å². The van der Waals surface area contributed by atoms with E-state index in [2.05, 4.69) is 20.6 Å². The lowest BCUT2D eigenvalue weighted by atomic mass is 10.2. The molecular weight excluding hydrogens is 374 g/mol. The van der Waals surface area contributed by atoms with Crippen LogP contribution in [0.3, 0.4) is 0 Å². The number of hydrogen-bond acceptors (Lipinski definition) is 8. The van der Waals surface area contributed by atoms with E-state index in [4.69, 9.17) is 21.1 Å². The van der Waals surface area contributed by atoms with Crippen LogP contribution in [-0.4, -0.2) is 21.7 Å². The smallest absolute Gasteiger partial charge is 0.353 e. The van der Waals surface area contributed by atoms with Gasteiger partial charge in [-0.05, 0) is 24.3 Å². The van der Waals surface area contributed by atoms with E-state index < -0.39 is 4.92 Å². The van der Waals surface area contributed by atoms with Gasteiger partial charge in [0.05, 0.1) is 15.6 Å². The number of rotatable bonds is 5. The lowest BCUT2D eigenvalue weighted by Crippen LogP contribution is -2.05. The molecule has 0 fully saturated rings.